The van der Waals surface area contributed by atoms with Gasteiger partial charge in [-0.25, -0.2) is 0 Å². The summed E-state index contributed by atoms with van der Waals surface area (Å²) in [7, 11) is 11.7. The molecule has 138 valence electrons. The van der Waals surface area contributed by atoms with Gasteiger partial charge in [0.05, 0.1) is 0 Å². The summed E-state index contributed by atoms with van der Waals surface area (Å²) >= 11 is 0. The molecule has 3 rings (SSSR count). The Bertz CT molecular complexity index is 803. The van der Waals surface area contributed by atoms with Gasteiger partial charge in [0.1, 0.15) is 15.7 Å². The van der Waals surface area contributed by atoms with E-state index in [1.807, 2.05) is 24.3 Å². The van der Waals surface area contributed by atoms with Gasteiger partial charge in [-0.1, -0.05) is 111 Å². The lowest BCUT2D eigenvalue weighted by Gasteiger charge is -2.24. The Morgan fingerprint density at radius 1 is 0.393 bits per heavy atom. The molecule has 4 atom stereocenters. The van der Waals surface area contributed by atoms with Gasteiger partial charge in [-0.05, 0) is 45.9 Å². The Hall–Kier alpha value is -2.21. The molecule has 0 aliphatic carbocycles. The zero-order valence-corrected chi connectivity index (χ0v) is 17.4. The maximum atomic E-state index is 5.83. The average molecular weight is 362 g/mol. The van der Waals surface area contributed by atoms with Crippen LogP contribution in [0.15, 0.2) is 72.8 Å². The molecule has 4 unspecified atom stereocenters. The van der Waals surface area contributed by atoms with Crippen molar-refractivity contribution in [2.75, 3.05) is 0 Å². The van der Waals surface area contributed by atoms with E-state index in [4.69, 9.17) is 15.7 Å². The van der Waals surface area contributed by atoms with Crippen LogP contribution in [0, 0.1) is 0 Å². The summed E-state index contributed by atoms with van der Waals surface area (Å²) in [6.07, 6.45) is 0. The third-order valence-electron chi connectivity index (χ3n) is 6.41. The number of rotatable bonds is 6. The second kappa shape index (κ2) is 8.86. The highest BCUT2D eigenvalue weighted by Gasteiger charge is 2.19. The van der Waals surface area contributed by atoms with E-state index in [0.717, 1.165) is 10.9 Å². The second-order valence-electron chi connectivity index (χ2n) is 8.15. The molecule has 2 heteroatoms. The largest absolute Gasteiger partial charge is 0.113 e. The molecule has 0 N–H and O–H groups in total. The van der Waals surface area contributed by atoms with Crippen LogP contribution < -0.4 is 10.9 Å². The van der Waals surface area contributed by atoms with E-state index < -0.39 is 0 Å². The van der Waals surface area contributed by atoms with Crippen LogP contribution in [0.3, 0.4) is 0 Å². The molecule has 0 nitrogen and oxygen atoms in total. The molecular weight excluding hydrogens is 334 g/mol. The van der Waals surface area contributed by atoms with Crippen molar-refractivity contribution >= 4 is 26.6 Å². The fraction of sp³-hybridized carbons (Fsp3) is 0.308. The Morgan fingerprint density at radius 3 is 0.786 bits per heavy atom. The van der Waals surface area contributed by atoms with Gasteiger partial charge in [0, 0.05) is 0 Å². The topological polar surface area (TPSA) is 0 Å². The van der Waals surface area contributed by atoms with Gasteiger partial charge in [0.25, 0.3) is 0 Å². The van der Waals surface area contributed by atoms with Gasteiger partial charge in [-0.15, -0.1) is 0 Å². The quantitative estimate of drug-likeness (QED) is 0.536. The summed E-state index contributed by atoms with van der Waals surface area (Å²) < 4.78 is 0. The molecule has 0 aliphatic rings. The lowest BCUT2D eigenvalue weighted by atomic mass is 9.80. The Kier molecular flexibility index (Phi) is 6.50. The number of hydrogen-bond acceptors (Lipinski definition) is 0. The average Bonchev–Trinajstić information content (AvgIpc) is 2.73. The highest BCUT2D eigenvalue weighted by atomic mass is 14.2. The predicted octanol–water partition coefficient (Wildman–Crippen LogP) is 5.09. The molecule has 0 amide bonds. The summed E-state index contributed by atoms with van der Waals surface area (Å²) in [5.41, 5.74) is 7.04. The second-order valence-corrected chi connectivity index (χ2v) is 8.15. The van der Waals surface area contributed by atoms with Gasteiger partial charge in [0.15, 0.2) is 0 Å². The first kappa shape index (κ1) is 20.5. The normalized spacial score (nSPS) is 15.6. The zero-order chi connectivity index (χ0) is 20.3. The molecule has 0 aromatic heterocycles. The van der Waals surface area contributed by atoms with Gasteiger partial charge < -0.3 is 0 Å². The van der Waals surface area contributed by atoms with Crippen molar-refractivity contribution in [3.63, 3.8) is 0 Å². The fourth-order valence-corrected chi connectivity index (χ4v) is 3.86. The van der Waals surface area contributed by atoms with Crippen LogP contribution in [-0.4, -0.2) is 15.7 Å². The first-order chi connectivity index (χ1) is 13.4. The summed E-state index contributed by atoms with van der Waals surface area (Å²) in [5, 5.41) is 0. The molecular formula is C26H28B2. The van der Waals surface area contributed by atoms with Gasteiger partial charge >= 0.3 is 0 Å². The molecule has 0 heterocycles. The van der Waals surface area contributed by atoms with E-state index in [0.29, 0.717) is 23.7 Å². The molecule has 3 aromatic rings. The minimum absolute atomic E-state index is 0.442. The van der Waals surface area contributed by atoms with Gasteiger partial charge in [-0.2, -0.15) is 0 Å². The third-order valence-corrected chi connectivity index (χ3v) is 6.41. The van der Waals surface area contributed by atoms with Crippen molar-refractivity contribution < 1.29 is 0 Å². The summed E-state index contributed by atoms with van der Waals surface area (Å²) in [6.45, 7) is 9.18. The van der Waals surface area contributed by atoms with E-state index in [1.165, 1.54) is 22.3 Å². The maximum absolute atomic E-state index is 5.83. The summed E-state index contributed by atoms with van der Waals surface area (Å²) in [4.78, 5) is 0. The highest BCUT2D eigenvalue weighted by Crippen LogP contribution is 2.35. The smallest absolute Gasteiger partial charge is 0.0967 e. The Morgan fingerprint density at radius 2 is 0.571 bits per heavy atom. The monoisotopic (exact) mass is 362 g/mol. The highest BCUT2D eigenvalue weighted by molar-refractivity contribution is 6.32. The van der Waals surface area contributed by atoms with E-state index in [1.54, 1.807) is 0 Å². The maximum Gasteiger partial charge on any atom is 0.113 e. The van der Waals surface area contributed by atoms with Crippen molar-refractivity contribution in [1.29, 1.82) is 0 Å². The van der Waals surface area contributed by atoms with Crippen LogP contribution in [0.2, 0.25) is 0 Å². The molecule has 0 aliphatic heterocycles. The summed E-state index contributed by atoms with van der Waals surface area (Å²) in [5.74, 6) is 1.78. The lowest BCUT2D eigenvalue weighted by molar-refractivity contribution is 0.614. The Balaban J connectivity index is 1.73. The predicted molar refractivity (Wildman–Crippen MR) is 124 cm³/mol. The standard InChI is InChI=1S/C26H28B2/c1-17(19(3)23-9-13-25(27)14-10-23)21-5-7-22(8-6-21)18(2)20(4)24-11-15-26(28)16-12-24/h5-20H,1-4H3. The number of benzene rings is 3. The van der Waals surface area contributed by atoms with Crippen molar-refractivity contribution in [2.45, 2.75) is 51.4 Å². The van der Waals surface area contributed by atoms with Crippen LogP contribution in [0.1, 0.15) is 73.6 Å². The minimum Gasteiger partial charge on any atom is -0.0967 e. The SMILES string of the molecule is [B]c1ccc(C(C)C(C)c2ccc(C(C)C(C)c3ccc([B])cc3)cc2)cc1. The van der Waals surface area contributed by atoms with E-state index in [2.05, 4.69) is 76.2 Å². The van der Waals surface area contributed by atoms with Crippen LogP contribution in [0.4, 0.5) is 0 Å². The molecule has 0 fully saturated rings. The van der Waals surface area contributed by atoms with Crippen molar-refractivity contribution in [1.82, 2.24) is 0 Å². The lowest BCUT2D eigenvalue weighted by Crippen LogP contribution is -2.09. The first-order valence-electron chi connectivity index (χ1n) is 10.2. The zero-order valence-electron chi connectivity index (χ0n) is 17.4. The molecule has 3 aromatic carbocycles. The van der Waals surface area contributed by atoms with E-state index >= 15 is 0 Å². The molecule has 4 radical (unpaired) electrons. The third kappa shape index (κ3) is 4.61. The number of hydrogen-bond donors (Lipinski definition) is 0. The molecule has 0 saturated carbocycles. The fourth-order valence-electron chi connectivity index (χ4n) is 3.86. The molecule has 0 saturated heterocycles. The molecule has 28 heavy (non-hydrogen) atoms. The Labute approximate surface area is 173 Å². The van der Waals surface area contributed by atoms with Crippen LogP contribution >= 0.6 is 0 Å². The van der Waals surface area contributed by atoms with Gasteiger partial charge in [-0.3, -0.25) is 0 Å². The van der Waals surface area contributed by atoms with E-state index in [9.17, 15) is 0 Å². The van der Waals surface area contributed by atoms with Crippen LogP contribution in [-0.2, 0) is 0 Å². The van der Waals surface area contributed by atoms with Gasteiger partial charge in [0.2, 0.25) is 0 Å². The first-order valence-corrected chi connectivity index (χ1v) is 10.2. The molecule has 0 bridgehead atoms. The minimum atomic E-state index is 0.442. The van der Waals surface area contributed by atoms with Crippen molar-refractivity contribution in [3.05, 3.63) is 95.1 Å². The van der Waals surface area contributed by atoms with E-state index in [-0.39, 0.29) is 0 Å². The summed E-state index contributed by atoms with van der Waals surface area (Å²) in [6, 6.07) is 25.7. The van der Waals surface area contributed by atoms with Crippen LogP contribution in [0.25, 0.3) is 0 Å². The van der Waals surface area contributed by atoms with Crippen molar-refractivity contribution in [3.8, 4) is 0 Å². The van der Waals surface area contributed by atoms with Crippen molar-refractivity contribution in [2.24, 2.45) is 0 Å². The molecule has 0 spiro atoms. The van der Waals surface area contributed by atoms with Crippen LogP contribution in [0.5, 0.6) is 0 Å².